The molecule has 0 bridgehead atoms. The molecule has 0 saturated heterocycles. The van der Waals surface area contributed by atoms with Crippen LogP contribution in [0.3, 0.4) is 0 Å². The van der Waals surface area contributed by atoms with Gasteiger partial charge in [0.1, 0.15) is 0 Å². The molecule has 0 fully saturated rings. The summed E-state index contributed by atoms with van der Waals surface area (Å²) in [6.45, 7) is 2.07. The minimum atomic E-state index is 0.514. The third kappa shape index (κ3) is 2.85. The Morgan fingerprint density at radius 2 is 1.86 bits per heavy atom. The first-order valence-corrected chi connectivity index (χ1v) is 8.30. The molecule has 0 atom stereocenters. The number of nitrogens with zero attached hydrogens (tertiary/aromatic N) is 1. The minimum Gasteiger partial charge on any atom is -0.382 e. The zero-order chi connectivity index (χ0) is 15.0. The molecular weight excluding hydrogens is 441 g/mol. The number of H-pyrrole nitrogens is 1. The van der Waals surface area contributed by atoms with Crippen LogP contribution < -0.4 is 5.73 Å². The van der Waals surface area contributed by atoms with Crippen LogP contribution in [0.2, 0.25) is 0 Å². The number of benzene rings is 2. The molecule has 2 aromatic carbocycles. The smallest absolute Gasteiger partial charge is 0.153 e. The Morgan fingerprint density at radius 3 is 2.57 bits per heavy atom. The second-order valence-corrected chi connectivity index (χ2v) is 6.95. The number of halogens is 2. The van der Waals surface area contributed by atoms with Crippen molar-refractivity contribution in [3.8, 4) is 22.4 Å². The number of nitrogens with two attached hydrogens (primary N) is 1. The molecule has 5 heteroatoms. The Kier molecular flexibility index (Phi) is 4.03. The van der Waals surface area contributed by atoms with Crippen LogP contribution in [0.1, 0.15) is 5.56 Å². The van der Waals surface area contributed by atoms with Gasteiger partial charge in [-0.25, -0.2) is 0 Å². The molecule has 0 spiro atoms. The van der Waals surface area contributed by atoms with Gasteiger partial charge >= 0.3 is 0 Å². The first-order valence-electron chi connectivity index (χ1n) is 6.42. The van der Waals surface area contributed by atoms with E-state index in [4.69, 9.17) is 5.73 Å². The number of nitrogen functional groups attached to an aromatic ring is 1. The van der Waals surface area contributed by atoms with Crippen molar-refractivity contribution in [1.29, 1.82) is 0 Å². The van der Waals surface area contributed by atoms with E-state index in [0.717, 1.165) is 30.4 Å². The van der Waals surface area contributed by atoms with Crippen molar-refractivity contribution in [2.24, 2.45) is 0 Å². The van der Waals surface area contributed by atoms with Crippen LogP contribution >= 0.6 is 38.5 Å². The van der Waals surface area contributed by atoms with Crippen LogP contribution in [0.25, 0.3) is 22.4 Å². The molecule has 21 heavy (non-hydrogen) atoms. The average molecular weight is 454 g/mol. The fourth-order valence-corrected chi connectivity index (χ4v) is 3.19. The number of nitrogens with one attached hydrogen (secondary N) is 1. The number of aromatic amines is 1. The lowest BCUT2D eigenvalue weighted by Gasteiger charge is -2.08. The summed E-state index contributed by atoms with van der Waals surface area (Å²) in [5.41, 5.74) is 11.3. The van der Waals surface area contributed by atoms with Gasteiger partial charge in [0.15, 0.2) is 5.82 Å². The topological polar surface area (TPSA) is 54.7 Å². The Labute approximate surface area is 145 Å². The fraction of sp³-hybridized carbons (Fsp3) is 0.0625. The summed E-state index contributed by atoms with van der Waals surface area (Å²) in [4.78, 5) is 0. The number of hydrogen-bond acceptors (Lipinski definition) is 2. The highest BCUT2D eigenvalue weighted by atomic mass is 127. The number of aryl methyl sites for hydroxylation is 1. The highest BCUT2D eigenvalue weighted by Crippen LogP contribution is 2.38. The Hall–Kier alpha value is -1.34. The lowest BCUT2D eigenvalue weighted by molar-refractivity contribution is 1.10. The summed E-state index contributed by atoms with van der Waals surface area (Å²) in [6, 6.07) is 14.5. The molecular formula is C16H13BrIN3. The molecule has 106 valence electrons. The maximum Gasteiger partial charge on any atom is 0.153 e. The summed E-state index contributed by atoms with van der Waals surface area (Å²) in [5, 5.41) is 7.26. The zero-order valence-electron chi connectivity index (χ0n) is 11.3. The van der Waals surface area contributed by atoms with E-state index in [0.29, 0.717) is 5.82 Å². The number of aromatic nitrogens is 2. The maximum absolute atomic E-state index is 6.08. The third-order valence-electron chi connectivity index (χ3n) is 3.33. The molecule has 0 amide bonds. The van der Waals surface area contributed by atoms with Gasteiger partial charge in [-0.2, -0.15) is 5.10 Å². The molecule has 0 unspecified atom stereocenters. The molecule has 3 aromatic rings. The van der Waals surface area contributed by atoms with Crippen molar-refractivity contribution >= 4 is 44.3 Å². The van der Waals surface area contributed by atoms with Gasteiger partial charge in [0.2, 0.25) is 0 Å². The largest absolute Gasteiger partial charge is 0.382 e. The first kappa shape index (κ1) is 14.6. The zero-order valence-corrected chi connectivity index (χ0v) is 15.1. The van der Waals surface area contributed by atoms with Crippen molar-refractivity contribution < 1.29 is 0 Å². The van der Waals surface area contributed by atoms with Gasteiger partial charge in [-0.15, -0.1) is 0 Å². The van der Waals surface area contributed by atoms with Crippen LogP contribution in [-0.4, -0.2) is 10.2 Å². The van der Waals surface area contributed by atoms with Crippen molar-refractivity contribution in [1.82, 2.24) is 10.2 Å². The van der Waals surface area contributed by atoms with Gasteiger partial charge in [-0.3, -0.25) is 5.10 Å². The summed E-state index contributed by atoms with van der Waals surface area (Å²) in [6.07, 6.45) is 0. The molecule has 3 rings (SSSR count). The van der Waals surface area contributed by atoms with Gasteiger partial charge in [0.25, 0.3) is 0 Å². The van der Waals surface area contributed by atoms with E-state index >= 15 is 0 Å². The average Bonchev–Trinajstić information content (AvgIpc) is 2.84. The number of rotatable bonds is 2. The van der Waals surface area contributed by atoms with E-state index in [-0.39, 0.29) is 0 Å². The number of anilines is 1. The predicted octanol–water partition coefficient (Wildman–Crippen LogP) is 5.00. The predicted molar refractivity (Wildman–Crippen MR) is 99.0 cm³/mol. The van der Waals surface area contributed by atoms with Gasteiger partial charge in [0.05, 0.1) is 11.3 Å². The molecule has 0 radical (unpaired) electrons. The molecule has 0 aliphatic carbocycles. The standard InChI is InChI=1S/C16H13BrIN3/c1-9-2-4-10(5-3-9)14-15(20-21-16(14)19)12-8-11(18)6-7-13(12)17/h2-8H,1H3,(H3,19,20,21). The van der Waals surface area contributed by atoms with E-state index in [1.165, 1.54) is 5.56 Å². The van der Waals surface area contributed by atoms with Crippen molar-refractivity contribution in [2.75, 3.05) is 5.73 Å². The van der Waals surface area contributed by atoms with E-state index in [1.807, 2.05) is 6.07 Å². The van der Waals surface area contributed by atoms with Crippen LogP contribution in [0.15, 0.2) is 46.9 Å². The second-order valence-electron chi connectivity index (χ2n) is 4.85. The summed E-state index contributed by atoms with van der Waals surface area (Å²) < 4.78 is 2.17. The monoisotopic (exact) mass is 453 g/mol. The molecule has 0 saturated carbocycles. The molecule has 1 aromatic heterocycles. The van der Waals surface area contributed by atoms with Gasteiger partial charge in [0, 0.05) is 13.6 Å². The highest BCUT2D eigenvalue weighted by molar-refractivity contribution is 14.1. The maximum atomic E-state index is 6.08. The van der Waals surface area contributed by atoms with Crippen molar-refractivity contribution in [3.63, 3.8) is 0 Å². The van der Waals surface area contributed by atoms with Crippen LogP contribution in [-0.2, 0) is 0 Å². The lowest BCUT2D eigenvalue weighted by Crippen LogP contribution is -1.90. The van der Waals surface area contributed by atoms with E-state index < -0.39 is 0 Å². The third-order valence-corrected chi connectivity index (χ3v) is 4.69. The molecule has 0 aliphatic rings. The van der Waals surface area contributed by atoms with Crippen molar-refractivity contribution in [3.05, 3.63) is 56.1 Å². The van der Waals surface area contributed by atoms with E-state index in [1.54, 1.807) is 0 Å². The van der Waals surface area contributed by atoms with Gasteiger partial charge in [-0.1, -0.05) is 45.8 Å². The quantitative estimate of drug-likeness (QED) is 0.536. The number of hydrogen-bond donors (Lipinski definition) is 2. The normalized spacial score (nSPS) is 10.8. The fourth-order valence-electron chi connectivity index (χ4n) is 2.25. The van der Waals surface area contributed by atoms with Gasteiger partial charge < -0.3 is 5.73 Å². The van der Waals surface area contributed by atoms with Crippen LogP contribution in [0.5, 0.6) is 0 Å². The van der Waals surface area contributed by atoms with E-state index in [9.17, 15) is 0 Å². The molecule has 3 N–H and O–H groups in total. The molecule has 1 heterocycles. The first-order chi connectivity index (χ1) is 10.1. The molecule has 0 aliphatic heterocycles. The SMILES string of the molecule is Cc1ccc(-c2c(N)n[nH]c2-c2cc(I)ccc2Br)cc1. The van der Waals surface area contributed by atoms with E-state index in [2.05, 4.69) is 92.0 Å². The summed E-state index contributed by atoms with van der Waals surface area (Å²) in [7, 11) is 0. The Morgan fingerprint density at radius 1 is 1.14 bits per heavy atom. The minimum absolute atomic E-state index is 0.514. The highest BCUT2D eigenvalue weighted by Gasteiger charge is 2.16. The Bertz CT molecular complexity index is 794. The summed E-state index contributed by atoms with van der Waals surface area (Å²) >= 11 is 5.90. The summed E-state index contributed by atoms with van der Waals surface area (Å²) in [5.74, 6) is 0.514. The Balaban J connectivity index is 2.21. The van der Waals surface area contributed by atoms with Gasteiger partial charge in [-0.05, 0) is 53.3 Å². The van der Waals surface area contributed by atoms with Crippen LogP contribution in [0, 0.1) is 10.5 Å². The molecule has 3 nitrogen and oxygen atoms in total. The second kappa shape index (κ2) is 5.81. The van der Waals surface area contributed by atoms with Crippen LogP contribution in [0.4, 0.5) is 5.82 Å². The lowest BCUT2D eigenvalue weighted by atomic mass is 10.00. The van der Waals surface area contributed by atoms with Crippen molar-refractivity contribution in [2.45, 2.75) is 6.92 Å².